The molecule has 0 aliphatic heterocycles. The molecule has 0 aliphatic rings. The molecule has 27 heavy (non-hydrogen) atoms. The molecule has 7 heteroatoms. The molecule has 0 aromatic heterocycles. The number of halogens is 1. The Morgan fingerprint density at radius 1 is 1.04 bits per heavy atom. The van der Waals surface area contributed by atoms with Crippen molar-refractivity contribution in [3.05, 3.63) is 59.9 Å². The van der Waals surface area contributed by atoms with Gasteiger partial charge in [-0.3, -0.25) is 19.3 Å². The van der Waals surface area contributed by atoms with Crippen LogP contribution in [0.2, 0.25) is 0 Å². The van der Waals surface area contributed by atoms with Gasteiger partial charge in [-0.25, -0.2) is 4.39 Å². The van der Waals surface area contributed by atoms with E-state index in [1.807, 2.05) is 0 Å². The normalized spacial score (nSPS) is 11.7. The number of carbonyl (C=O) groups is 3. The molecule has 2 amide bonds. The van der Waals surface area contributed by atoms with Crippen LogP contribution in [0.15, 0.2) is 48.5 Å². The van der Waals surface area contributed by atoms with Gasteiger partial charge in [0.25, 0.3) is 0 Å². The van der Waals surface area contributed by atoms with Crippen molar-refractivity contribution in [2.75, 3.05) is 24.2 Å². The highest BCUT2D eigenvalue weighted by Crippen LogP contribution is 2.13. The van der Waals surface area contributed by atoms with Gasteiger partial charge in [0.1, 0.15) is 5.82 Å². The average molecular weight is 371 g/mol. The van der Waals surface area contributed by atoms with E-state index in [1.54, 1.807) is 49.2 Å². The zero-order valence-corrected chi connectivity index (χ0v) is 15.5. The minimum atomic E-state index is -0.593. The largest absolute Gasteiger partial charge is 0.325 e. The molecule has 1 atom stereocenters. The number of hydrogen-bond donors (Lipinski definition) is 2. The molecule has 0 saturated heterocycles. The molecule has 0 radical (unpaired) electrons. The summed E-state index contributed by atoms with van der Waals surface area (Å²) < 4.78 is 13.2. The van der Waals surface area contributed by atoms with E-state index in [4.69, 9.17) is 0 Å². The molecule has 0 bridgehead atoms. The van der Waals surface area contributed by atoms with Gasteiger partial charge < -0.3 is 10.6 Å². The minimum absolute atomic E-state index is 0.0431. The average Bonchev–Trinajstić information content (AvgIpc) is 2.61. The number of carbonyl (C=O) groups excluding carboxylic acids is 3. The van der Waals surface area contributed by atoms with Crippen LogP contribution < -0.4 is 10.6 Å². The van der Waals surface area contributed by atoms with E-state index in [2.05, 4.69) is 10.6 Å². The second kappa shape index (κ2) is 9.05. The summed E-state index contributed by atoms with van der Waals surface area (Å²) in [7, 11) is 1.64. The van der Waals surface area contributed by atoms with Gasteiger partial charge in [-0.2, -0.15) is 0 Å². The quantitative estimate of drug-likeness (QED) is 0.734. The molecule has 0 saturated carbocycles. The smallest absolute Gasteiger partial charge is 0.241 e. The molecule has 2 rings (SSSR count). The predicted molar refractivity (Wildman–Crippen MR) is 102 cm³/mol. The second-order valence-electron chi connectivity index (χ2n) is 6.28. The number of anilines is 2. The Balaban J connectivity index is 1.92. The first kappa shape index (κ1) is 20.3. The highest BCUT2D eigenvalue weighted by atomic mass is 19.1. The third-order valence-corrected chi connectivity index (χ3v) is 4.08. The Hall–Kier alpha value is -3.06. The van der Waals surface area contributed by atoms with Crippen molar-refractivity contribution in [2.24, 2.45) is 0 Å². The second-order valence-corrected chi connectivity index (χ2v) is 6.28. The van der Waals surface area contributed by atoms with Crippen molar-refractivity contribution >= 4 is 29.0 Å². The summed E-state index contributed by atoms with van der Waals surface area (Å²) in [6, 6.07) is 11.6. The number of amides is 2. The molecular formula is C20H22FN3O3. The van der Waals surface area contributed by atoms with Crippen molar-refractivity contribution in [1.29, 1.82) is 0 Å². The SMILES string of the molecule is CC(=O)c1cccc(NC(=O)[C@@H](C)N(C)CC(=O)Nc2cccc(F)c2)c1. The Labute approximate surface area is 157 Å². The van der Waals surface area contributed by atoms with Gasteiger partial charge in [0.05, 0.1) is 12.6 Å². The highest BCUT2D eigenvalue weighted by molar-refractivity contribution is 5.99. The van der Waals surface area contributed by atoms with E-state index in [0.29, 0.717) is 16.9 Å². The molecule has 142 valence electrons. The maximum atomic E-state index is 13.2. The van der Waals surface area contributed by atoms with Crippen molar-refractivity contribution in [2.45, 2.75) is 19.9 Å². The van der Waals surface area contributed by atoms with Gasteiger partial charge >= 0.3 is 0 Å². The van der Waals surface area contributed by atoms with Crippen LogP contribution in [0.1, 0.15) is 24.2 Å². The third-order valence-electron chi connectivity index (χ3n) is 4.08. The molecule has 0 heterocycles. The molecule has 0 aliphatic carbocycles. The molecule has 0 unspecified atom stereocenters. The predicted octanol–water partition coefficient (Wildman–Crippen LogP) is 2.93. The van der Waals surface area contributed by atoms with Gasteiger partial charge in [0.2, 0.25) is 11.8 Å². The number of nitrogens with zero attached hydrogens (tertiary/aromatic N) is 1. The zero-order chi connectivity index (χ0) is 20.0. The number of ketones is 1. The third kappa shape index (κ3) is 6.00. The maximum Gasteiger partial charge on any atom is 0.241 e. The Morgan fingerprint density at radius 2 is 1.67 bits per heavy atom. The fraction of sp³-hybridized carbons (Fsp3) is 0.250. The van der Waals surface area contributed by atoms with E-state index >= 15 is 0 Å². The first-order valence-electron chi connectivity index (χ1n) is 8.44. The molecule has 0 fully saturated rings. The topological polar surface area (TPSA) is 78.5 Å². The lowest BCUT2D eigenvalue weighted by Gasteiger charge is -2.23. The number of likely N-dealkylation sites (N-methyl/N-ethyl adjacent to an activating group) is 1. The van der Waals surface area contributed by atoms with Crippen molar-refractivity contribution in [3.8, 4) is 0 Å². The van der Waals surface area contributed by atoms with Gasteiger partial charge in [0, 0.05) is 16.9 Å². The van der Waals surface area contributed by atoms with Crippen LogP contribution in [-0.2, 0) is 9.59 Å². The summed E-state index contributed by atoms with van der Waals surface area (Å²) in [5.41, 5.74) is 1.37. The van der Waals surface area contributed by atoms with Crippen molar-refractivity contribution in [3.63, 3.8) is 0 Å². The maximum absolute atomic E-state index is 13.2. The lowest BCUT2D eigenvalue weighted by atomic mass is 10.1. The van der Waals surface area contributed by atoms with Crippen LogP contribution in [0.5, 0.6) is 0 Å². The Bertz CT molecular complexity index is 854. The van der Waals surface area contributed by atoms with Crippen LogP contribution in [0.3, 0.4) is 0 Å². The summed E-state index contributed by atoms with van der Waals surface area (Å²) in [4.78, 5) is 37.5. The molecule has 2 N–H and O–H groups in total. The molecule has 6 nitrogen and oxygen atoms in total. The molecule has 2 aromatic rings. The number of hydrogen-bond acceptors (Lipinski definition) is 4. The Kier molecular flexibility index (Phi) is 6.79. The number of Topliss-reactive ketones (excluding diaryl/α,β-unsaturated/α-hetero) is 1. The van der Waals surface area contributed by atoms with Crippen LogP contribution >= 0.6 is 0 Å². The van der Waals surface area contributed by atoms with Crippen LogP contribution in [0.4, 0.5) is 15.8 Å². The van der Waals surface area contributed by atoms with Crippen LogP contribution in [0, 0.1) is 5.82 Å². The van der Waals surface area contributed by atoms with Gasteiger partial charge in [-0.05, 0) is 51.2 Å². The van der Waals surface area contributed by atoms with Gasteiger partial charge in [-0.15, -0.1) is 0 Å². The summed E-state index contributed by atoms with van der Waals surface area (Å²) in [5, 5.41) is 5.32. The van der Waals surface area contributed by atoms with E-state index in [0.717, 1.165) is 0 Å². The molecule has 0 spiro atoms. The van der Waals surface area contributed by atoms with E-state index in [1.165, 1.54) is 25.1 Å². The minimum Gasteiger partial charge on any atom is -0.325 e. The lowest BCUT2D eigenvalue weighted by Crippen LogP contribution is -2.43. The van der Waals surface area contributed by atoms with E-state index in [-0.39, 0.29) is 24.1 Å². The zero-order valence-electron chi connectivity index (χ0n) is 15.5. The fourth-order valence-corrected chi connectivity index (χ4v) is 2.39. The summed E-state index contributed by atoms with van der Waals surface area (Å²) in [5.74, 6) is -1.20. The summed E-state index contributed by atoms with van der Waals surface area (Å²) >= 11 is 0. The van der Waals surface area contributed by atoms with E-state index < -0.39 is 11.9 Å². The van der Waals surface area contributed by atoms with Gasteiger partial charge in [0.15, 0.2) is 5.78 Å². The Morgan fingerprint density at radius 3 is 2.30 bits per heavy atom. The van der Waals surface area contributed by atoms with Crippen molar-refractivity contribution in [1.82, 2.24) is 4.90 Å². The van der Waals surface area contributed by atoms with Crippen LogP contribution in [0.25, 0.3) is 0 Å². The fourth-order valence-electron chi connectivity index (χ4n) is 2.39. The summed E-state index contributed by atoms with van der Waals surface area (Å²) in [6.45, 7) is 3.08. The van der Waals surface area contributed by atoms with Crippen molar-refractivity contribution < 1.29 is 18.8 Å². The summed E-state index contributed by atoms with van der Waals surface area (Å²) in [6.07, 6.45) is 0. The molecular weight excluding hydrogens is 349 g/mol. The lowest BCUT2D eigenvalue weighted by molar-refractivity contribution is -0.122. The van der Waals surface area contributed by atoms with Crippen LogP contribution in [-0.4, -0.2) is 42.1 Å². The first-order valence-corrected chi connectivity index (χ1v) is 8.44. The monoisotopic (exact) mass is 371 g/mol. The standard InChI is InChI=1S/C20H22FN3O3/c1-13(20(27)23-17-8-4-6-15(10-17)14(2)25)24(3)12-19(26)22-18-9-5-7-16(21)11-18/h4-11,13H,12H2,1-3H3,(H,22,26)(H,23,27)/t13-/m1/s1. The highest BCUT2D eigenvalue weighted by Gasteiger charge is 2.20. The van der Waals surface area contributed by atoms with Gasteiger partial charge in [-0.1, -0.05) is 18.2 Å². The molecule has 2 aromatic carbocycles. The first-order chi connectivity index (χ1) is 12.8. The number of benzene rings is 2. The number of rotatable bonds is 7. The number of nitrogens with one attached hydrogen (secondary N) is 2. The van der Waals surface area contributed by atoms with E-state index in [9.17, 15) is 18.8 Å².